The van der Waals surface area contributed by atoms with Gasteiger partial charge in [0.2, 0.25) is 0 Å². The van der Waals surface area contributed by atoms with Crippen LogP contribution >= 0.6 is 12.4 Å². The first-order valence-electron chi connectivity index (χ1n) is 7.34. The van der Waals surface area contributed by atoms with Gasteiger partial charge in [-0.1, -0.05) is 6.07 Å². The molecule has 0 aliphatic carbocycles. The van der Waals surface area contributed by atoms with Gasteiger partial charge in [0.15, 0.2) is 23.0 Å². The van der Waals surface area contributed by atoms with E-state index in [1.165, 1.54) is 0 Å². The summed E-state index contributed by atoms with van der Waals surface area (Å²) in [5.74, 6) is 0.323. The molecule has 0 bridgehead atoms. The molecule has 1 unspecified atom stereocenters. The van der Waals surface area contributed by atoms with Gasteiger partial charge in [-0.3, -0.25) is 0 Å². The average Bonchev–Trinajstić information content (AvgIpc) is 2.50. The van der Waals surface area contributed by atoms with Crippen LogP contribution in [0.4, 0.5) is 0 Å². The van der Waals surface area contributed by atoms with Crippen LogP contribution in [-0.2, 0) is 6.42 Å². The summed E-state index contributed by atoms with van der Waals surface area (Å²) in [6.07, 6.45) is 0.788. The van der Waals surface area contributed by atoms with Crippen LogP contribution in [0, 0.1) is 0 Å². The van der Waals surface area contributed by atoms with E-state index in [2.05, 4.69) is 5.32 Å². The number of phenolic OH excluding ortho intramolecular Hbond substituents is 3. The van der Waals surface area contributed by atoms with Crippen molar-refractivity contribution in [2.45, 2.75) is 19.4 Å². The van der Waals surface area contributed by atoms with Crippen LogP contribution in [0.1, 0.15) is 29.7 Å². The lowest BCUT2D eigenvalue weighted by Gasteiger charge is -2.28. The molecule has 0 fully saturated rings. The van der Waals surface area contributed by atoms with Gasteiger partial charge in [-0.25, -0.2) is 0 Å². The molecule has 1 heterocycles. The second-order valence-corrected chi connectivity index (χ2v) is 5.34. The van der Waals surface area contributed by atoms with E-state index >= 15 is 0 Å². The molecule has 6 heteroatoms. The zero-order valence-electron chi connectivity index (χ0n) is 12.7. The molecule has 124 valence electrons. The molecule has 4 N–H and O–H groups in total. The number of ether oxygens (including phenoxy) is 1. The normalized spacial score (nSPS) is 16.3. The van der Waals surface area contributed by atoms with Crippen LogP contribution in [0.25, 0.3) is 0 Å². The summed E-state index contributed by atoms with van der Waals surface area (Å²) in [7, 11) is 0. The molecule has 0 spiro atoms. The predicted molar refractivity (Wildman–Crippen MR) is 89.8 cm³/mol. The van der Waals surface area contributed by atoms with E-state index < -0.39 is 0 Å². The fraction of sp³-hybridized carbons (Fsp3) is 0.294. The molecule has 2 aromatic rings. The summed E-state index contributed by atoms with van der Waals surface area (Å²) < 4.78 is 5.43. The standard InChI is InChI=1S/C17H19NO4.ClH/c1-2-22-16-8-11(3-4-13(16)19)17-12-9-15(21)14(20)7-10(12)5-6-18-17;/h3-4,7-9,17-21H,2,5-6H2,1H3;1H. The van der Waals surface area contributed by atoms with E-state index in [-0.39, 0.29) is 35.7 Å². The quantitative estimate of drug-likeness (QED) is 0.647. The topological polar surface area (TPSA) is 82.0 Å². The van der Waals surface area contributed by atoms with Gasteiger partial charge >= 0.3 is 0 Å². The molecule has 5 nitrogen and oxygen atoms in total. The van der Waals surface area contributed by atoms with E-state index in [1.807, 2.05) is 13.0 Å². The second-order valence-electron chi connectivity index (χ2n) is 5.34. The Morgan fingerprint density at radius 2 is 1.83 bits per heavy atom. The Morgan fingerprint density at radius 1 is 1.09 bits per heavy atom. The average molecular weight is 338 g/mol. The second kappa shape index (κ2) is 6.98. The number of hydrogen-bond donors (Lipinski definition) is 4. The zero-order valence-corrected chi connectivity index (χ0v) is 13.6. The van der Waals surface area contributed by atoms with Crippen LogP contribution in [0.3, 0.4) is 0 Å². The summed E-state index contributed by atoms with van der Waals surface area (Å²) >= 11 is 0. The summed E-state index contributed by atoms with van der Waals surface area (Å²) in [6, 6.07) is 8.33. The SMILES string of the molecule is CCOc1cc(C2NCCc3cc(O)c(O)cc32)ccc1O.Cl. The van der Waals surface area contributed by atoms with Gasteiger partial charge in [0.25, 0.3) is 0 Å². The lowest BCUT2D eigenvalue weighted by atomic mass is 9.89. The smallest absolute Gasteiger partial charge is 0.161 e. The molecular weight excluding hydrogens is 318 g/mol. The fourth-order valence-corrected chi connectivity index (χ4v) is 2.86. The highest BCUT2D eigenvalue weighted by molar-refractivity contribution is 5.85. The number of nitrogens with one attached hydrogen (secondary N) is 1. The summed E-state index contributed by atoms with van der Waals surface area (Å²) in [4.78, 5) is 0. The molecule has 0 saturated carbocycles. The van der Waals surface area contributed by atoms with Crippen LogP contribution in [0.2, 0.25) is 0 Å². The molecule has 0 radical (unpaired) electrons. The maximum Gasteiger partial charge on any atom is 0.161 e. The zero-order chi connectivity index (χ0) is 15.7. The third kappa shape index (κ3) is 3.30. The molecule has 1 atom stereocenters. The predicted octanol–water partition coefficient (Wildman–Crippen LogP) is 2.86. The van der Waals surface area contributed by atoms with Crippen LogP contribution in [0.5, 0.6) is 23.0 Å². The van der Waals surface area contributed by atoms with Crippen molar-refractivity contribution in [2.75, 3.05) is 13.2 Å². The number of halogens is 1. The minimum atomic E-state index is -0.128. The monoisotopic (exact) mass is 337 g/mol. The van der Waals surface area contributed by atoms with Gasteiger partial charge in [0.1, 0.15) is 0 Å². The molecule has 23 heavy (non-hydrogen) atoms. The van der Waals surface area contributed by atoms with Crippen molar-refractivity contribution in [2.24, 2.45) is 0 Å². The van der Waals surface area contributed by atoms with E-state index in [9.17, 15) is 15.3 Å². The number of phenols is 3. The third-order valence-corrected chi connectivity index (χ3v) is 3.91. The fourth-order valence-electron chi connectivity index (χ4n) is 2.86. The van der Waals surface area contributed by atoms with Crippen LogP contribution in [0.15, 0.2) is 30.3 Å². The van der Waals surface area contributed by atoms with Crippen molar-refractivity contribution in [1.29, 1.82) is 0 Å². The van der Waals surface area contributed by atoms with Gasteiger partial charge in [-0.2, -0.15) is 0 Å². The van der Waals surface area contributed by atoms with Gasteiger partial charge in [0, 0.05) is 6.54 Å². The Bertz CT molecular complexity index is 705. The van der Waals surface area contributed by atoms with Crippen molar-refractivity contribution < 1.29 is 20.1 Å². The van der Waals surface area contributed by atoms with Crippen molar-refractivity contribution in [3.8, 4) is 23.0 Å². The van der Waals surface area contributed by atoms with Crippen molar-refractivity contribution in [3.05, 3.63) is 47.0 Å². The molecule has 2 aromatic carbocycles. The van der Waals surface area contributed by atoms with Gasteiger partial charge in [0.05, 0.1) is 12.6 Å². The Labute approximate surface area is 141 Å². The number of rotatable bonds is 3. The Kier molecular flexibility index (Phi) is 5.23. The maximum absolute atomic E-state index is 9.82. The minimum absolute atomic E-state index is 0. The Morgan fingerprint density at radius 3 is 2.57 bits per heavy atom. The highest BCUT2D eigenvalue weighted by atomic mass is 35.5. The Balaban J connectivity index is 0.00000192. The lowest BCUT2D eigenvalue weighted by molar-refractivity contribution is 0.317. The minimum Gasteiger partial charge on any atom is -0.504 e. The molecule has 1 aliphatic rings. The van der Waals surface area contributed by atoms with Gasteiger partial charge < -0.3 is 25.4 Å². The van der Waals surface area contributed by atoms with Crippen molar-refractivity contribution in [1.82, 2.24) is 5.32 Å². The molecular formula is C17H20ClNO4. The van der Waals surface area contributed by atoms with E-state index in [0.717, 1.165) is 29.7 Å². The number of aromatic hydroxyl groups is 3. The summed E-state index contributed by atoms with van der Waals surface area (Å²) in [5, 5.41) is 32.7. The number of benzene rings is 2. The first-order chi connectivity index (χ1) is 10.6. The highest BCUT2D eigenvalue weighted by Crippen LogP contribution is 2.38. The molecule has 0 saturated heterocycles. The summed E-state index contributed by atoms with van der Waals surface area (Å²) in [5.41, 5.74) is 2.87. The molecule has 0 amide bonds. The van der Waals surface area contributed by atoms with Crippen molar-refractivity contribution >= 4 is 12.4 Å². The lowest BCUT2D eigenvalue weighted by Crippen LogP contribution is -2.30. The first-order valence-corrected chi connectivity index (χ1v) is 7.34. The Hall–Kier alpha value is -2.11. The van der Waals surface area contributed by atoms with Crippen molar-refractivity contribution in [3.63, 3.8) is 0 Å². The largest absolute Gasteiger partial charge is 0.504 e. The van der Waals surface area contributed by atoms with E-state index in [0.29, 0.717) is 12.4 Å². The van der Waals surface area contributed by atoms with Gasteiger partial charge in [-0.05, 0) is 54.3 Å². The molecule has 3 rings (SSSR count). The maximum atomic E-state index is 9.82. The first kappa shape index (κ1) is 17.2. The number of fused-ring (bicyclic) bond motifs is 1. The van der Waals surface area contributed by atoms with Crippen LogP contribution in [-0.4, -0.2) is 28.5 Å². The highest BCUT2D eigenvalue weighted by Gasteiger charge is 2.24. The van der Waals surface area contributed by atoms with E-state index in [1.54, 1.807) is 24.3 Å². The number of hydrogen-bond acceptors (Lipinski definition) is 5. The molecule has 1 aliphatic heterocycles. The van der Waals surface area contributed by atoms with Crippen LogP contribution < -0.4 is 10.1 Å². The third-order valence-electron chi connectivity index (χ3n) is 3.91. The van der Waals surface area contributed by atoms with E-state index in [4.69, 9.17) is 4.74 Å². The summed E-state index contributed by atoms with van der Waals surface area (Å²) in [6.45, 7) is 3.11. The molecule has 0 aromatic heterocycles. The van der Waals surface area contributed by atoms with Gasteiger partial charge in [-0.15, -0.1) is 12.4 Å².